The predicted molar refractivity (Wildman–Crippen MR) is 51.2 cm³/mol. The minimum Gasteiger partial charge on any atom is -0.298 e. The smallest absolute Gasteiger partial charge is 0.150 e. The van der Waals surface area contributed by atoms with E-state index in [4.69, 9.17) is 0 Å². The minimum absolute atomic E-state index is 0.758. The van der Waals surface area contributed by atoms with E-state index in [0.717, 1.165) is 23.0 Å². The third-order valence-electron chi connectivity index (χ3n) is 1.95. The van der Waals surface area contributed by atoms with E-state index in [1.807, 2.05) is 44.2 Å². The highest BCUT2D eigenvalue weighted by molar-refractivity contribution is 5.84. The second-order valence-electron chi connectivity index (χ2n) is 2.68. The summed E-state index contributed by atoms with van der Waals surface area (Å²) in [4.78, 5) is 10.6. The highest BCUT2D eigenvalue weighted by atomic mass is 16.1. The second-order valence-corrected chi connectivity index (χ2v) is 2.68. The van der Waals surface area contributed by atoms with Crippen molar-refractivity contribution in [2.75, 3.05) is 0 Å². The molecule has 0 atom stereocenters. The van der Waals surface area contributed by atoms with Crippen LogP contribution in [0.4, 0.5) is 0 Å². The average molecular weight is 160 g/mol. The molecule has 0 fully saturated rings. The van der Waals surface area contributed by atoms with Gasteiger partial charge in [-0.2, -0.15) is 0 Å². The van der Waals surface area contributed by atoms with Crippen LogP contribution in [0.2, 0.25) is 0 Å². The van der Waals surface area contributed by atoms with Crippen molar-refractivity contribution in [1.29, 1.82) is 0 Å². The van der Waals surface area contributed by atoms with Crippen molar-refractivity contribution in [3.63, 3.8) is 0 Å². The summed E-state index contributed by atoms with van der Waals surface area (Å²) in [7, 11) is 0. The number of allylic oxidation sites excluding steroid dienone is 2. The van der Waals surface area contributed by atoms with Gasteiger partial charge in [0, 0.05) is 5.56 Å². The Morgan fingerprint density at radius 1 is 1.33 bits per heavy atom. The standard InChI is InChI=1S/C11H12O/c1-3-9(2)11-7-5-4-6-10(11)8-12/h3-8H,1-2H3/b9-3+. The molecule has 1 aromatic carbocycles. The lowest BCUT2D eigenvalue weighted by molar-refractivity contribution is 0.112. The molecule has 0 bridgehead atoms. The summed E-state index contributed by atoms with van der Waals surface area (Å²) in [5.74, 6) is 0. The Morgan fingerprint density at radius 3 is 2.58 bits per heavy atom. The van der Waals surface area contributed by atoms with Gasteiger partial charge in [0.1, 0.15) is 0 Å². The van der Waals surface area contributed by atoms with Crippen molar-refractivity contribution in [2.45, 2.75) is 13.8 Å². The molecule has 1 nitrogen and oxygen atoms in total. The summed E-state index contributed by atoms with van der Waals surface area (Å²) in [5.41, 5.74) is 2.92. The molecule has 1 rings (SSSR count). The van der Waals surface area contributed by atoms with E-state index in [1.54, 1.807) is 0 Å². The van der Waals surface area contributed by atoms with E-state index < -0.39 is 0 Å². The van der Waals surface area contributed by atoms with Crippen LogP contribution >= 0.6 is 0 Å². The van der Waals surface area contributed by atoms with E-state index in [9.17, 15) is 4.79 Å². The summed E-state index contributed by atoms with van der Waals surface area (Å²) in [6, 6.07) is 7.60. The highest BCUT2D eigenvalue weighted by Crippen LogP contribution is 2.16. The molecule has 0 aliphatic carbocycles. The number of carbonyl (C=O) groups is 1. The van der Waals surface area contributed by atoms with Crippen molar-refractivity contribution in [3.05, 3.63) is 41.5 Å². The van der Waals surface area contributed by atoms with Gasteiger partial charge < -0.3 is 0 Å². The van der Waals surface area contributed by atoms with Gasteiger partial charge in [-0.1, -0.05) is 30.3 Å². The molecule has 0 radical (unpaired) electrons. The van der Waals surface area contributed by atoms with Crippen LogP contribution in [0.5, 0.6) is 0 Å². The van der Waals surface area contributed by atoms with Crippen LogP contribution in [0.15, 0.2) is 30.3 Å². The number of benzene rings is 1. The molecule has 0 saturated heterocycles. The van der Waals surface area contributed by atoms with Crippen LogP contribution in [-0.4, -0.2) is 6.29 Å². The molecular formula is C11H12O. The molecule has 0 aliphatic heterocycles. The Hall–Kier alpha value is -1.37. The highest BCUT2D eigenvalue weighted by Gasteiger charge is 1.99. The average Bonchev–Trinajstić information content (AvgIpc) is 2.16. The van der Waals surface area contributed by atoms with Crippen LogP contribution in [0, 0.1) is 0 Å². The molecule has 0 amide bonds. The molecule has 1 heteroatoms. The topological polar surface area (TPSA) is 17.1 Å². The first-order chi connectivity index (χ1) is 5.79. The van der Waals surface area contributed by atoms with E-state index >= 15 is 0 Å². The zero-order chi connectivity index (χ0) is 8.97. The predicted octanol–water partition coefficient (Wildman–Crippen LogP) is 2.92. The maximum atomic E-state index is 10.6. The van der Waals surface area contributed by atoms with E-state index in [1.165, 1.54) is 0 Å². The lowest BCUT2D eigenvalue weighted by Gasteiger charge is -2.02. The van der Waals surface area contributed by atoms with Crippen molar-refractivity contribution >= 4 is 11.9 Å². The maximum Gasteiger partial charge on any atom is 0.150 e. The molecule has 0 heterocycles. The maximum absolute atomic E-state index is 10.6. The minimum atomic E-state index is 0.758. The molecular weight excluding hydrogens is 148 g/mol. The summed E-state index contributed by atoms with van der Waals surface area (Å²) in [6.45, 7) is 3.97. The number of hydrogen-bond donors (Lipinski definition) is 0. The molecule has 0 saturated carbocycles. The fourth-order valence-corrected chi connectivity index (χ4v) is 1.11. The first-order valence-corrected chi connectivity index (χ1v) is 3.97. The van der Waals surface area contributed by atoms with E-state index in [-0.39, 0.29) is 0 Å². The van der Waals surface area contributed by atoms with Gasteiger partial charge in [0.25, 0.3) is 0 Å². The zero-order valence-electron chi connectivity index (χ0n) is 7.37. The normalized spacial score (nSPS) is 11.3. The summed E-state index contributed by atoms with van der Waals surface area (Å²) >= 11 is 0. The number of carbonyl (C=O) groups excluding carboxylic acids is 1. The molecule has 0 aliphatic rings. The molecule has 1 aromatic rings. The van der Waals surface area contributed by atoms with Gasteiger partial charge >= 0.3 is 0 Å². The molecule has 0 aromatic heterocycles. The first kappa shape index (κ1) is 8.72. The first-order valence-electron chi connectivity index (χ1n) is 3.97. The SMILES string of the molecule is C/C=C(\C)c1ccccc1C=O. The number of rotatable bonds is 2. The molecule has 0 N–H and O–H groups in total. The van der Waals surface area contributed by atoms with Crippen LogP contribution in [-0.2, 0) is 0 Å². The summed E-state index contributed by atoms with van der Waals surface area (Å²) in [5, 5.41) is 0. The van der Waals surface area contributed by atoms with Gasteiger partial charge in [0.2, 0.25) is 0 Å². The lowest BCUT2D eigenvalue weighted by atomic mass is 10.0. The van der Waals surface area contributed by atoms with Gasteiger partial charge in [0.15, 0.2) is 6.29 Å². The number of hydrogen-bond acceptors (Lipinski definition) is 1. The van der Waals surface area contributed by atoms with Crippen LogP contribution in [0.3, 0.4) is 0 Å². The Labute approximate surface area is 72.7 Å². The van der Waals surface area contributed by atoms with Gasteiger partial charge in [0.05, 0.1) is 0 Å². The van der Waals surface area contributed by atoms with Crippen LogP contribution in [0.25, 0.3) is 5.57 Å². The fourth-order valence-electron chi connectivity index (χ4n) is 1.11. The molecule has 62 valence electrons. The third kappa shape index (κ3) is 1.62. The van der Waals surface area contributed by atoms with Crippen molar-refractivity contribution < 1.29 is 4.79 Å². The fraction of sp³-hybridized carbons (Fsp3) is 0.182. The summed E-state index contributed by atoms with van der Waals surface area (Å²) < 4.78 is 0. The van der Waals surface area contributed by atoms with Crippen molar-refractivity contribution in [1.82, 2.24) is 0 Å². The van der Waals surface area contributed by atoms with Gasteiger partial charge in [-0.15, -0.1) is 0 Å². The Bertz CT molecular complexity index is 311. The zero-order valence-corrected chi connectivity index (χ0v) is 7.37. The van der Waals surface area contributed by atoms with Crippen LogP contribution in [0.1, 0.15) is 29.8 Å². The second kappa shape index (κ2) is 3.86. The van der Waals surface area contributed by atoms with Crippen LogP contribution < -0.4 is 0 Å². The van der Waals surface area contributed by atoms with Gasteiger partial charge in [-0.25, -0.2) is 0 Å². The summed E-state index contributed by atoms with van der Waals surface area (Å²) in [6.07, 6.45) is 2.89. The Balaban J connectivity index is 3.22. The Kier molecular flexibility index (Phi) is 2.81. The van der Waals surface area contributed by atoms with Gasteiger partial charge in [-0.05, 0) is 25.0 Å². The quantitative estimate of drug-likeness (QED) is 0.608. The lowest BCUT2D eigenvalue weighted by Crippen LogP contribution is -1.88. The van der Waals surface area contributed by atoms with Gasteiger partial charge in [-0.3, -0.25) is 4.79 Å². The monoisotopic (exact) mass is 160 g/mol. The largest absolute Gasteiger partial charge is 0.298 e. The van der Waals surface area contributed by atoms with Crippen molar-refractivity contribution in [3.8, 4) is 0 Å². The molecule has 0 spiro atoms. The molecule has 12 heavy (non-hydrogen) atoms. The third-order valence-corrected chi connectivity index (χ3v) is 1.95. The molecule has 0 unspecified atom stereocenters. The Morgan fingerprint density at radius 2 is 2.00 bits per heavy atom. The number of aldehydes is 1. The van der Waals surface area contributed by atoms with E-state index in [2.05, 4.69) is 0 Å². The van der Waals surface area contributed by atoms with E-state index in [0.29, 0.717) is 0 Å². The van der Waals surface area contributed by atoms with Crippen molar-refractivity contribution in [2.24, 2.45) is 0 Å².